The number of guanidine groups is 1. The van der Waals surface area contributed by atoms with Crippen molar-refractivity contribution in [3.8, 4) is 0 Å². The molecule has 0 fully saturated rings. The molecule has 1 aromatic heterocycles. The fourth-order valence-corrected chi connectivity index (χ4v) is 3.66. The van der Waals surface area contributed by atoms with Crippen molar-refractivity contribution in [3.63, 3.8) is 0 Å². The van der Waals surface area contributed by atoms with Crippen molar-refractivity contribution in [1.82, 2.24) is 20.5 Å². The number of likely N-dealkylation sites (N-methyl/N-ethyl adjacent to an activating group) is 1. The Morgan fingerprint density at radius 2 is 1.92 bits per heavy atom. The second kappa shape index (κ2) is 11.4. The molecule has 0 aliphatic carbocycles. The summed E-state index contributed by atoms with van der Waals surface area (Å²) in [6.45, 7) is 11.2. The average Bonchev–Trinajstić information content (AvgIpc) is 3.04. The van der Waals surface area contributed by atoms with Gasteiger partial charge in [0.15, 0.2) is 5.96 Å². The highest BCUT2D eigenvalue weighted by Gasteiger charge is 2.20. The highest BCUT2D eigenvalue weighted by molar-refractivity contribution is 7.11. The summed E-state index contributed by atoms with van der Waals surface area (Å²) in [7, 11) is 4.33. The van der Waals surface area contributed by atoms with Crippen molar-refractivity contribution in [2.45, 2.75) is 59.5 Å². The van der Waals surface area contributed by atoms with E-state index < -0.39 is 0 Å². The molecule has 0 aliphatic heterocycles. The third-order valence-corrected chi connectivity index (χ3v) is 5.53. The molecule has 2 N–H and O–H groups in total. The lowest BCUT2D eigenvalue weighted by Gasteiger charge is -2.32. The zero-order valence-corrected chi connectivity index (χ0v) is 17.0. The van der Waals surface area contributed by atoms with Gasteiger partial charge in [-0.25, -0.2) is 9.98 Å². The standard InChI is InChI=1S/C18H35N5S/c1-7-14(8-2)16(23(5)6)12-21-18(19-10-4)22-13-17-20-11-15(9-3)24-17/h11,14,16H,7-10,12-13H2,1-6H3,(H2,19,21,22). The fourth-order valence-electron chi connectivity index (χ4n) is 2.88. The van der Waals surface area contributed by atoms with E-state index in [1.165, 1.54) is 17.7 Å². The fraction of sp³-hybridized carbons (Fsp3) is 0.778. The third-order valence-electron chi connectivity index (χ3n) is 4.40. The summed E-state index contributed by atoms with van der Waals surface area (Å²) >= 11 is 1.75. The molecular formula is C18H35N5S. The van der Waals surface area contributed by atoms with Gasteiger partial charge in [0.25, 0.3) is 0 Å². The van der Waals surface area contributed by atoms with Crippen molar-refractivity contribution in [2.24, 2.45) is 10.9 Å². The zero-order valence-electron chi connectivity index (χ0n) is 16.2. The minimum Gasteiger partial charge on any atom is -0.357 e. The molecule has 0 amide bonds. The van der Waals surface area contributed by atoms with E-state index in [4.69, 9.17) is 4.99 Å². The first-order chi connectivity index (χ1) is 11.5. The topological polar surface area (TPSA) is 52.6 Å². The summed E-state index contributed by atoms with van der Waals surface area (Å²) in [6.07, 6.45) is 5.41. The Labute approximate surface area is 152 Å². The number of aryl methyl sites for hydroxylation is 1. The van der Waals surface area contributed by atoms with E-state index >= 15 is 0 Å². The van der Waals surface area contributed by atoms with E-state index in [9.17, 15) is 0 Å². The van der Waals surface area contributed by atoms with Crippen LogP contribution in [0, 0.1) is 5.92 Å². The molecule has 24 heavy (non-hydrogen) atoms. The number of aromatic nitrogens is 1. The molecule has 0 aliphatic rings. The van der Waals surface area contributed by atoms with Gasteiger partial charge in [-0.1, -0.05) is 33.6 Å². The van der Waals surface area contributed by atoms with E-state index in [2.05, 4.69) is 62.3 Å². The van der Waals surface area contributed by atoms with Crippen molar-refractivity contribution in [3.05, 3.63) is 16.1 Å². The summed E-state index contributed by atoms with van der Waals surface area (Å²) in [6, 6.07) is 0.510. The number of aliphatic imine (C=N–C) groups is 1. The average molecular weight is 354 g/mol. The minimum absolute atomic E-state index is 0.510. The monoisotopic (exact) mass is 353 g/mol. The van der Waals surface area contributed by atoms with Gasteiger partial charge in [0.05, 0.1) is 6.54 Å². The molecular weight excluding hydrogens is 318 g/mol. The third kappa shape index (κ3) is 6.77. The van der Waals surface area contributed by atoms with Gasteiger partial charge in [-0.3, -0.25) is 0 Å². The van der Waals surface area contributed by atoms with E-state index in [1.54, 1.807) is 11.3 Å². The normalized spacial score (nSPS) is 13.6. The van der Waals surface area contributed by atoms with Crippen LogP contribution in [-0.2, 0) is 13.0 Å². The maximum Gasteiger partial charge on any atom is 0.191 e. The number of nitrogens with one attached hydrogen (secondary N) is 2. The van der Waals surface area contributed by atoms with E-state index in [0.717, 1.165) is 30.5 Å². The SMILES string of the molecule is CCNC(=NCc1ncc(CC)s1)NCC(C(CC)CC)N(C)C. The Hall–Kier alpha value is -1.14. The maximum atomic E-state index is 4.70. The number of hydrogen-bond acceptors (Lipinski definition) is 4. The van der Waals surface area contributed by atoms with Gasteiger partial charge in [0, 0.05) is 30.2 Å². The summed E-state index contributed by atoms with van der Waals surface area (Å²) < 4.78 is 0. The van der Waals surface area contributed by atoms with Gasteiger partial charge < -0.3 is 15.5 Å². The van der Waals surface area contributed by atoms with Crippen molar-refractivity contribution in [1.29, 1.82) is 0 Å². The van der Waals surface area contributed by atoms with Gasteiger partial charge in [-0.2, -0.15) is 0 Å². The molecule has 0 aromatic carbocycles. The summed E-state index contributed by atoms with van der Waals surface area (Å²) in [4.78, 5) is 12.8. The quantitative estimate of drug-likeness (QED) is 0.501. The molecule has 1 heterocycles. The van der Waals surface area contributed by atoms with Crippen LogP contribution in [0.2, 0.25) is 0 Å². The Morgan fingerprint density at radius 3 is 2.42 bits per heavy atom. The smallest absolute Gasteiger partial charge is 0.191 e. The molecule has 138 valence electrons. The van der Waals surface area contributed by atoms with Crippen LogP contribution in [0.4, 0.5) is 0 Å². The first-order valence-corrected chi connectivity index (χ1v) is 9.99. The van der Waals surface area contributed by atoms with Gasteiger partial charge in [0.1, 0.15) is 5.01 Å². The predicted molar refractivity (Wildman–Crippen MR) is 106 cm³/mol. The number of nitrogens with zero attached hydrogens (tertiary/aromatic N) is 3. The predicted octanol–water partition coefficient (Wildman–Crippen LogP) is 3.13. The molecule has 0 saturated carbocycles. The second-order valence-electron chi connectivity index (χ2n) is 6.26. The van der Waals surface area contributed by atoms with Gasteiger partial charge in [0.2, 0.25) is 0 Å². The first-order valence-electron chi connectivity index (χ1n) is 9.17. The van der Waals surface area contributed by atoms with Gasteiger partial charge in [-0.15, -0.1) is 11.3 Å². The number of hydrogen-bond donors (Lipinski definition) is 2. The molecule has 5 nitrogen and oxygen atoms in total. The Balaban J connectivity index is 2.67. The Bertz CT molecular complexity index is 480. The van der Waals surface area contributed by atoms with Crippen LogP contribution in [0.25, 0.3) is 0 Å². The van der Waals surface area contributed by atoms with Gasteiger partial charge in [-0.05, 0) is 33.4 Å². The van der Waals surface area contributed by atoms with Crippen LogP contribution in [0.15, 0.2) is 11.2 Å². The van der Waals surface area contributed by atoms with Crippen LogP contribution in [0.1, 0.15) is 50.4 Å². The van der Waals surface area contributed by atoms with Crippen LogP contribution in [-0.4, -0.2) is 49.1 Å². The van der Waals surface area contributed by atoms with Crippen molar-refractivity contribution >= 4 is 17.3 Å². The summed E-state index contributed by atoms with van der Waals surface area (Å²) in [5.74, 6) is 1.57. The minimum atomic E-state index is 0.510. The molecule has 0 bridgehead atoms. The number of thiazole rings is 1. The van der Waals surface area contributed by atoms with Crippen molar-refractivity contribution in [2.75, 3.05) is 27.2 Å². The lowest BCUT2D eigenvalue weighted by Crippen LogP contribution is -2.48. The van der Waals surface area contributed by atoms with Crippen LogP contribution < -0.4 is 10.6 Å². The second-order valence-corrected chi connectivity index (χ2v) is 7.46. The Morgan fingerprint density at radius 1 is 1.21 bits per heavy atom. The number of rotatable bonds is 10. The molecule has 1 unspecified atom stereocenters. The highest BCUT2D eigenvalue weighted by atomic mass is 32.1. The van der Waals surface area contributed by atoms with Crippen LogP contribution in [0.3, 0.4) is 0 Å². The van der Waals surface area contributed by atoms with Crippen LogP contribution >= 0.6 is 11.3 Å². The molecule has 0 saturated heterocycles. The van der Waals surface area contributed by atoms with E-state index in [-0.39, 0.29) is 0 Å². The van der Waals surface area contributed by atoms with Crippen molar-refractivity contribution < 1.29 is 0 Å². The Kier molecular flexibility index (Phi) is 9.95. The zero-order chi connectivity index (χ0) is 17.9. The molecule has 6 heteroatoms. The molecule has 1 rings (SSSR count). The van der Waals surface area contributed by atoms with Gasteiger partial charge >= 0.3 is 0 Å². The van der Waals surface area contributed by atoms with Crippen LogP contribution in [0.5, 0.6) is 0 Å². The maximum absolute atomic E-state index is 4.70. The molecule has 0 radical (unpaired) electrons. The first kappa shape index (κ1) is 20.9. The molecule has 0 spiro atoms. The highest BCUT2D eigenvalue weighted by Crippen LogP contribution is 2.16. The van der Waals surface area contributed by atoms with E-state index in [0.29, 0.717) is 18.5 Å². The molecule has 1 aromatic rings. The lowest BCUT2D eigenvalue weighted by molar-refractivity contribution is 0.200. The lowest BCUT2D eigenvalue weighted by atomic mass is 9.93. The summed E-state index contributed by atoms with van der Waals surface area (Å²) in [5.41, 5.74) is 0. The molecule has 1 atom stereocenters. The van der Waals surface area contributed by atoms with E-state index in [1.807, 2.05) is 6.20 Å². The summed E-state index contributed by atoms with van der Waals surface area (Å²) in [5, 5.41) is 7.93. The largest absolute Gasteiger partial charge is 0.357 e.